The van der Waals surface area contributed by atoms with Crippen LogP contribution in [0.5, 0.6) is 0 Å². The molecule has 2 unspecified atom stereocenters. The van der Waals surface area contributed by atoms with Crippen molar-refractivity contribution in [1.29, 1.82) is 0 Å². The lowest BCUT2D eigenvalue weighted by molar-refractivity contribution is -0.150. The van der Waals surface area contributed by atoms with Crippen LogP contribution in [0, 0.1) is 0 Å². The standard InChI is InChI=1S/C10H20O7/c1-7(12)2-10(15)17-6-9(14)5-16-4-8(13)3-11/h7-9,11-14H,2-6H2,1H3/t7-,8?,9?/m1/s1. The number of hydrogen-bond donors (Lipinski definition) is 4. The van der Waals surface area contributed by atoms with Crippen LogP contribution in [0.15, 0.2) is 0 Å². The van der Waals surface area contributed by atoms with E-state index in [0.29, 0.717) is 0 Å². The van der Waals surface area contributed by atoms with E-state index in [0.717, 1.165) is 0 Å². The fourth-order valence-corrected chi connectivity index (χ4v) is 0.930. The Morgan fingerprint density at radius 1 is 1.12 bits per heavy atom. The minimum atomic E-state index is -1.00. The zero-order valence-corrected chi connectivity index (χ0v) is 9.78. The summed E-state index contributed by atoms with van der Waals surface area (Å²) in [5.41, 5.74) is 0. The van der Waals surface area contributed by atoms with Gasteiger partial charge in [-0.15, -0.1) is 0 Å². The Labute approximate surface area is 99.6 Å². The van der Waals surface area contributed by atoms with E-state index in [9.17, 15) is 9.90 Å². The Morgan fingerprint density at radius 2 is 1.71 bits per heavy atom. The van der Waals surface area contributed by atoms with Gasteiger partial charge in [-0.05, 0) is 6.92 Å². The molecule has 7 heteroatoms. The van der Waals surface area contributed by atoms with Crippen LogP contribution in [0.25, 0.3) is 0 Å². The Bertz CT molecular complexity index is 207. The molecular formula is C10H20O7. The summed E-state index contributed by atoms with van der Waals surface area (Å²) < 4.78 is 9.52. The number of carbonyl (C=O) groups is 1. The van der Waals surface area contributed by atoms with Gasteiger partial charge in [-0.25, -0.2) is 0 Å². The number of ether oxygens (including phenoxy) is 2. The quantitative estimate of drug-likeness (QED) is 0.352. The highest BCUT2D eigenvalue weighted by Crippen LogP contribution is 1.96. The minimum absolute atomic E-state index is 0.102. The van der Waals surface area contributed by atoms with Gasteiger partial charge in [0.1, 0.15) is 18.8 Å². The first kappa shape index (κ1) is 16.3. The topological polar surface area (TPSA) is 116 Å². The lowest BCUT2D eigenvalue weighted by Crippen LogP contribution is -2.27. The van der Waals surface area contributed by atoms with E-state index >= 15 is 0 Å². The molecule has 0 radical (unpaired) electrons. The SMILES string of the molecule is C[C@@H](O)CC(=O)OCC(O)COCC(O)CO. The molecule has 0 aromatic rings. The molecule has 0 saturated carbocycles. The molecule has 4 N–H and O–H groups in total. The highest BCUT2D eigenvalue weighted by atomic mass is 16.5. The fraction of sp³-hybridized carbons (Fsp3) is 0.900. The highest BCUT2D eigenvalue weighted by Gasteiger charge is 2.12. The van der Waals surface area contributed by atoms with E-state index in [4.69, 9.17) is 20.1 Å². The molecule has 102 valence electrons. The van der Waals surface area contributed by atoms with E-state index in [-0.39, 0.29) is 26.2 Å². The average molecular weight is 252 g/mol. The monoisotopic (exact) mass is 252 g/mol. The third-order valence-corrected chi connectivity index (χ3v) is 1.73. The normalized spacial score (nSPS) is 16.3. The molecule has 0 heterocycles. The summed E-state index contributed by atoms with van der Waals surface area (Å²) in [6.45, 7) is 0.589. The summed E-state index contributed by atoms with van der Waals surface area (Å²) in [4.78, 5) is 11.0. The van der Waals surface area contributed by atoms with Crippen molar-refractivity contribution in [2.75, 3.05) is 26.4 Å². The van der Waals surface area contributed by atoms with Crippen molar-refractivity contribution in [2.45, 2.75) is 31.7 Å². The van der Waals surface area contributed by atoms with Crippen LogP contribution in [0.1, 0.15) is 13.3 Å². The summed E-state index contributed by atoms with van der Waals surface area (Å²) in [6.07, 6.45) is -2.90. The van der Waals surface area contributed by atoms with Crippen LogP contribution in [0.3, 0.4) is 0 Å². The van der Waals surface area contributed by atoms with Gasteiger partial charge in [-0.2, -0.15) is 0 Å². The van der Waals surface area contributed by atoms with E-state index in [1.807, 2.05) is 0 Å². The molecule has 0 aliphatic heterocycles. The maximum absolute atomic E-state index is 11.0. The average Bonchev–Trinajstić information content (AvgIpc) is 2.25. The zero-order valence-electron chi connectivity index (χ0n) is 9.78. The van der Waals surface area contributed by atoms with Crippen LogP contribution < -0.4 is 0 Å². The van der Waals surface area contributed by atoms with Crippen molar-refractivity contribution in [3.63, 3.8) is 0 Å². The second kappa shape index (κ2) is 9.32. The Hall–Kier alpha value is -0.730. The predicted octanol–water partition coefficient (Wildman–Crippen LogP) is -1.97. The summed E-state index contributed by atoms with van der Waals surface area (Å²) in [5.74, 6) is -0.602. The molecule has 17 heavy (non-hydrogen) atoms. The maximum atomic E-state index is 11.0. The van der Waals surface area contributed by atoms with Crippen molar-refractivity contribution in [1.82, 2.24) is 0 Å². The summed E-state index contributed by atoms with van der Waals surface area (Å²) in [6, 6.07) is 0. The number of aliphatic hydroxyl groups is 4. The predicted molar refractivity (Wildman–Crippen MR) is 57.2 cm³/mol. The van der Waals surface area contributed by atoms with E-state index < -0.39 is 30.9 Å². The minimum Gasteiger partial charge on any atom is -0.463 e. The van der Waals surface area contributed by atoms with Crippen LogP contribution in [-0.2, 0) is 14.3 Å². The largest absolute Gasteiger partial charge is 0.463 e. The molecule has 0 aliphatic rings. The lowest BCUT2D eigenvalue weighted by atomic mass is 10.3. The first-order valence-corrected chi connectivity index (χ1v) is 5.34. The number of rotatable bonds is 9. The smallest absolute Gasteiger partial charge is 0.308 e. The van der Waals surface area contributed by atoms with Gasteiger partial charge in [0, 0.05) is 0 Å². The zero-order chi connectivity index (χ0) is 13.3. The van der Waals surface area contributed by atoms with Gasteiger partial charge in [0.25, 0.3) is 0 Å². The van der Waals surface area contributed by atoms with Gasteiger partial charge in [0.05, 0.1) is 32.3 Å². The van der Waals surface area contributed by atoms with Gasteiger partial charge in [0.15, 0.2) is 0 Å². The molecule has 0 rings (SSSR count). The Balaban J connectivity index is 3.52. The molecule has 0 amide bonds. The first-order valence-electron chi connectivity index (χ1n) is 5.34. The van der Waals surface area contributed by atoms with Gasteiger partial charge in [-0.1, -0.05) is 0 Å². The van der Waals surface area contributed by atoms with Gasteiger partial charge in [-0.3, -0.25) is 4.79 Å². The van der Waals surface area contributed by atoms with Gasteiger partial charge < -0.3 is 29.9 Å². The van der Waals surface area contributed by atoms with Crippen molar-refractivity contribution >= 4 is 5.97 Å². The van der Waals surface area contributed by atoms with Crippen LogP contribution >= 0.6 is 0 Å². The Kier molecular flexibility index (Phi) is 8.92. The maximum Gasteiger partial charge on any atom is 0.308 e. The van der Waals surface area contributed by atoms with Crippen molar-refractivity contribution in [2.24, 2.45) is 0 Å². The number of hydrogen-bond acceptors (Lipinski definition) is 7. The first-order chi connectivity index (χ1) is 7.95. The van der Waals surface area contributed by atoms with Crippen LogP contribution in [-0.4, -0.2) is 71.1 Å². The third-order valence-electron chi connectivity index (χ3n) is 1.73. The van der Waals surface area contributed by atoms with E-state index in [1.54, 1.807) is 0 Å². The summed E-state index contributed by atoms with van der Waals surface area (Å²) >= 11 is 0. The number of esters is 1. The molecular weight excluding hydrogens is 232 g/mol. The second-order valence-electron chi connectivity index (χ2n) is 3.76. The second-order valence-corrected chi connectivity index (χ2v) is 3.76. The summed E-state index contributed by atoms with van der Waals surface area (Å²) in [5, 5.41) is 35.6. The molecule has 0 saturated heterocycles. The highest BCUT2D eigenvalue weighted by molar-refractivity contribution is 5.69. The van der Waals surface area contributed by atoms with Gasteiger partial charge in [0.2, 0.25) is 0 Å². The van der Waals surface area contributed by atoms with E-state index in [1.165, 1.54) is 6.92 Å². The van der Waals surface area contributed by atoms with Crippen molar-refractivity contribution in [3.05, 3.63) is 0 Å². The Morgan fingerprint density at radius 3 is 2.24 bits per heavy atom. The van der Waals surface area contributed by atoms with Crippen LogP contribution in [0.4, 0.5) is 0 Å². The van der Waals surface area contributed by atoms with E-state index in [2.05, 4.69) is 4.74 Å². The molecule has 0 aliphatic carbocycles. The van der Waals surface area contributed by atoms with Crippen molar-refractivity contribution < 1.29 is 34.7 Å². The molecule has 0 fully saturated rings. The number of carbonyl (C=O) groups excluding carboxylic acids is 1. The lowest BCUT2D eigenvalue weighted by Gasteiger charge is -2.13. The molecule has 3 atom stereocenters. The third kappa shape index (κ3) is 10.2. The van der Waals surface area contributed by atoms with Crippen LogP contribution in [0.2, 0.25) is 0 Å². The molecule has 7 nitrogen and oxygen atoms in total. The van der Waals surface area contributed by atoms with Crippen molar-refractivity contribution in [3.8, 4) is 0 Å². The number of aliphatic hydroxyl groups excluding tert-OH is 4. The van der Waals surface area contributed by atoms with Gasteiger partial charge >= 0.3 is 5.97 Å². The fourth-order valence-electron chi connectivity index (χ4n) is 0.930. The molecule has 0 spiro atoms. The molecule has 0 bridgehead atoms. The molecule has 0 aromatic heterocycles. The molecule has 0 aromatic carbocycles. The summed E-state index contributed by atoms with van der Waals surface area (Å²) in [7, 11) is 0.